The lowest BCUT2D eigenvalue weighted by Crippen LogP contribution is -2.25. The molecule has 0 spiro atoms. The standard InChI is InChI=1S/C14H15N3O.H2O/c1-14(2,18)8-17-9-16-12-7-15-11-6-4-3-5-10(11)13(12)17;/h3-7,9,18H,8H2,1-2H3;1H2. The molecular formula is C14H17N3O2. The molecule has 0 aliphatic carbocycles. The summed E-state index contributed by atoms with van der Waals surface area (Å²) >= 11 is 0. The van der Waals surface area contributed by atoms with E-state index < -0.39 is 5.60 Å². The highest BCUT2D eigenvalue weighted by Crippen LogP contribution is 2.23. The Morgan fingerprint density at radius 2 is 1.89 bits per heavy atom. The number of benzene rings is 1. The molecule has 0 unspecified atom stereocenters. The second-order valence-electron chi connectivity index (χ2n) is 5.19. The van der Waals surface area contributed by atoms with Gasteiger partial charge >= 0.3 is 0 Å². The normalized spacial score (nSPS) is 11.7. The van der Waals surface area contributed by atoms with Gasteiger partial charge in [0.25, 0.3) is 0 Å². The number of aliphatic hydroxyl groups is 1. The summed E-state index contributed by atoms with van der Waals surface area (Å²) in [5, 5.41) is 11.0. The molecule has 2 aromatic heterocycles. The molecule has 0 atom stereocenters. The van der Waals surface area contributed by atoms with E-state index in [-0.39, 0.29) is 5.48 Å². The van der Waals surface area contributed by atoms with Crippen molar-refractivity contribution in [2.45, 2.75) is 26.0 Å². The number of para-hydroxylation sites is 1. The number of pyridine rings is 1. The number of nitrogens with zero attached hydrogens (tertiary/aromatic N) is 3. The van der Waals surface area contributed by atoms with Crippen LogP contribution in [0, 0.1) is 0 Å². The maximum atomic E-state index is 9.96. The summed E-state index contributed by atoms with van der Waals surface area (Å²) in [6.45, 7) is 4.10. The van der Waals surface area contributed by atoms with Gasteiger partial charge in [0.2, 0.25) is 0 Å². The Labute approximate surface area is 110 Å². The lowest BCUT2D eigenvalue weighted by Gasteiger charge is -2.18. The molecule has 0 aliphatic heterocycles. The first-order chi connectivity index (χ1) is 8.54. The molecule has 0 bridgehead atoms. The van der Waals surface area contributed by atoms with E-state index in [1.165, 1.54) is 0 Å². The Balaban J connectivity index is 0.00000133. The van der Waals surface area contributed by atoms with E-state index in [9.17, 15) is 5.11 Å². The van der Waals surface area contributed by atoms with Crippen LogP contribution >= 0.6 is 0 Å². The topological polar surface area (TPSA) is 82.4 Å². The van der Waals surface area contributed by atoms with E-state index in [2.05, 4.69) is 9.97 Å². The predicted octanol–water partition coefficient (Wildman–Crippen LogP) is 1.53. The second kappa shape index (κ2) is 4.60. The van der Waals surface area contributed by atoms with Crippen molar-refractivity contribution in [2.24, 2.45) is 0 Å². The predicted molar refractivity (Wildman–Crippen MR) is 74.9 cm³/mol. The molecule has 5 heteroatoms. The Kier molecular flexibility index (Phi) is 3.26. The quantitative estimate of drug-likeness (QED) is 0.757. The van der Waals surface area contributed by atoms with Crippen LogP contribution in [0.3, 0.4) is 0 Å². The van der Waals surface area contributed by atoms with Crippen molar-refractivity contribution in [3.63, 3.8) is 0 Å². The molecular weight excluding hydrogens is 242 g/mol. The molecule has 3 rings (SSSR count). The third kappa shape index (κ3) is 2.43. The minimum Gasteiger partial charge on any atom is -0.412 e. The molecule has 2 heterocycles. The van der Waals surface area contributed by atoms with E-state index in [4.69, 9.17) is 0 Å². The third-order valence-electron chi connectivity index (χ3n) is 2.91. The largest absolute Gasteiger partial charge is 0.412 e. The molecule has 3 N–H and O–H groups in total. The Bertz CT molecular complexity index is 713. The summed E-state index contributed by atoms with van der Waals surface area (Å²) in [7, 11) is 0. The summed E-state index contributed by atoms with van der Waals surface area (Å²) in [6, 6.07) is 7.98. The van der Waals surface area contributed by atoms with Crippen LogP contribution in [0.5, 0.6) is 0 Å². The molecule has 0 saturated heterocycles. The molecule has 19 heavy (non-hydrogen) atoms. The number of rotatable bonds is 2. The maximum Gasteiger partial charge on any atom is 0.107 e. The monoisotopic (exact) mass is 259 g/mol. The minimum absolute atomic E-state index is 0. The van der Waals surface area contributed by atoms with Crippen LogP contribution in [0.15, 0.2) is 36.8 Å². The molecule has 1 aromatic carbocycles. The highest BCUT2D eigenvalue weighted by Gasteiger charge is 2.16. The van der Waals surface area contributed by atoms with Gasteiger partial charge in [0.1, 0.15) is 5.52 Å². The van der Waals surface area contributed by atoms with E-state index in [0.717, 1.165) is 21.9 Å². The first-order valence-electron chi connectivity index (χ1n) is 5.95. The van der Waals surface area contributed by atoms with Crippen molar-refractivity contribution in [1.29, 1.82) is 0 Å². The minimum atomic E-state index is -0.766. The van der Waals surface area contributed by atoms with Crippen molar-refractivity contribution >= 4 is 21.9 Å². The van der Waals surface area contributed by atoms with Gasteiger partial charge in [-0.2, -0.15) is 0 Å². The summed E-state index contributed by atoms with van der Waals surface area (Å²) in [6.07, 6.45) is 3.54. The molecule has 0 radical (unpaired) electrons. The van der Waals surface area contributed by atoms with E-state index >= 15 is 0 Å². The van der Waals surface area contributed by atoms with Crippen molar-refractivity contribution < 1.29 is 10.6 Å². The number of imidazole rings is 1. The number of aromatic nitrogens is 3. The van der Waals surface area contributed by atoms with E-state index in [1.807, 2.05) is 28.8 Å². The van der Waals surface area contributed by atoms with Gasteiger partial charge < -0.3 is 15.1 Å². The summed E-state index contributed by atoms with van der Waals surface area (Å²) in [4.78, 5) is 8.72. The van der Waals surface area contributed by atoms with Gasteiger partial charge in [0, 0.05) is 5.39 Å². The zero-order chi connectivity index (χ0) is 12.8. The summed E-state index contributed by atoms with van der Waals surface area (Å²) in [5.74, 6) is 0. The van der Waals surface area contributed by atoms with Crippen molar-refractivity contribution in [3.8, 4) is 0 Å². The van der Waals surface area contributed by atoms with Crippen LogP contribution < -0.4 is 0 Å². The van der Waals surface area contributed by atoms with Crippen LogP contribution in [-0.4, -0.2) is 30.7 Å². The van der Waals surface area contributed by atoms with E-state index in [1.54, 1.807) is 26.4 Å². The molecule has 0 amide bonds. The average molecular weight is 259 g/mol. The third-order valence-corrected chi connectivity index (χ3v) is 2.91. The summed E-state index contributed by atoms with van der Waals surface area (Å²) < 4.78 is 1.99. The molecule has 5 nitrogen and oxygen atoms in total. The van der Waals surface area contributed by atoms with Gasteiger partial charge in [0.05, 0.1) is 35.7 Å². The van der Waals surface area contributed by atoms with Gasteiger partial charge in [0.15, 0.2) is 0 Å². The highest BCUT2D eigenvalue weighted by atomic mass is 16.3. The second-order valence-corrected chi connectivity index (χ2v) is 5.19. The Hall–Kier alpha value is -1.98. The lowest BCUT2D eigenvalue weighted by molar-refractivity contribution is 0.0627. The van der Waals surface area contributed by atoms with Gasteiger partial charge in [-0.3, -0.25) is 4.98 Å². The van der Waals surface area contributed by atoms with E-state index in [0.29, 0.717) is 6.54 Å². The molecule has 0 aliphatic rings. The molecule has 3 aromatic rings. The van der Waals surface area contributed by atoms with Crippen LogP contribution in [0.1, 0.15) is 13.8 Å². The Morgan fingerprint density at radius 3 is 2.63 bits per heavy atom. The smallest absolute Gasteiger partial charge is 0.107 e. The van der Waals surface area contributed by atoms with Gasteiger partial charge in [-0.25, -0.2) is 4.98 Å². The fourth-order valence-corrected chi connectivity index (χ4v) is 2.24. The molecule has 100 valence electrons. The first-order valence-corrected chi connectivity index (χ1v) is 5.95. The summed E-state index contributed by atoms with van der Waals surface area (Å²) in [5.41, 5.74) is 2.07. The molecule has 0 fully saturated rings. The van der Waals surface area contributed by atoms with Crippen molar-refractivity contribution in [1.82, 2.24) is 14.5 Å². The van der Waals surface area contributed by atoms with Crippen LogP contribution in [0.2, 0.25) is 0 Å². The molecule has 0 saturated carbocycles. The fourth-order valence-electron chi connectivity index (χ4n) is 2.24. The lowest BCUT2D eigenvalue weighted by atomic mass is 10.1. The van der Waals surface area contributed by atoms with Gasteiger partial charge in [-0.15, -0.1) is 0 Å². The SMILES string of the molecule is CC(C)(O)Cn1cnc2cnc3ccccc3c21.O. The van der Waals surface area contributed by atoms with Crippen LogP contribution in [0.4, 0.5) is 0 Å². The van der Waals surface area contributed by atoms with Gasteiger partial charge in [-0.05, 0) is 19.9 Å². The number of hydrogen-bond acceptors (Lipinski definition) is 3. The van der Waals surface area contributed by atoms with Gasteiger partial charge in [-0.1, -0.05) is 18.2 Å². The zero-order valence-electron chi connectivity index (χ0n) is 11.0. The van der Waals surface area contributed by atoms with Crippen LogP contribution in [-0.2, 0) is 6.54 Å². The first kappa shape index (κ1) is 13.5. The Morgan fingerprint density at radius 1 is 1.16 bits per heavy atom. The maximum absolute atomic E-state index is 9.96. The van der Waals surface area contributed by atoms with Crippen LogP contribution in [0.25, 0.3) is 21.9 Å². The number of hydrogen-bond donors (Lipinski definition) is 1. The van der Waals surface area contributed by atoms with Crippen molar-refractivity contribution in [3.05, 3.63) is 36.8 Å². The van der Waals surface area contributed by atoms with Crippen molar-refractivity contribution in [2.75, 3.05) is 0 Å². The zero-order valence-corrected chi connectivity index (χ0v) is 11.0. The fraction of sp³-hybridized carbons (Fsp3) is 0.286. The number of fused-ring (bicyclic) bond motifs is 3. The average Bonchev–Trinajstić information content (AvgIpc) is 2.70. The highest BCUT2D eigenvalue weighted by molar-refractivity contribution is 6.01.